The summed E-state index contributed by atoms with van der Waals surface area (Å²) in [6, 6.07) is 12.4. The maximum absolute atomic E-state index is 12.5. The number of nitrogens with two attached hydrogens (primary N) is 1. The Hall–Kier alpha value is -2.54. The van der Waals surface area contributed by atoms with Gasteiger partial charge in [0, 0.05) is 0 Å². The van der Waals surface area contributed by atoms with Crippen LogP contribution in [0.15, 0.2) is 53.4 Å². The average molecular weight is 348 g/mol. The third kappa shape index (κ3) is 4.26. The van der Waals surface area contributed by atoms with Crippen molar-refractivity contribution >= 4 is 27.4 Å². The Kier molecular flexibility index (Phi) is 4.84. The van der Waals surface area contributed by atoms with E-state index in [1.807, 2.05) is 0 Å². The van der Waals surface area contributed by atoms with Crippen LogP contribution in [-0.2, 0) is 14.8 Å². The largest absolute Gasteiger partial charge is 0.456 e. The first kappa shape index (κ1) is 17.8. The lowest BCUT2D eigenvalue weighted by Gasteiger charge is -2.20. The topological polar surface area (TPSA) is 98.5 Å². The molecule has 0 aromatic heterocycles. The number of carbonyl (C=O) groups excluding carboxylic acids is 1. The minimum absolute atomic E-state index is 0.0519. The van der Waals surface area contributed by atoms with E-state index in [4.69, 9.17) is 10.5 Å². The Morgan fingerprint density at radius 1 is 1.04 bits per heavy atom. The van der Waals surface area contributed by atoms with Gasteiger partial charge in [-0.3, -0.25) is 4.72 Å². The van der Waals surface area contributed by atoms with Gasteiger partial charge in [-0.2, -0.15) is 0 Å². The fraction of sp³-hybridized carbons (Fsp3) is 0.235. The summed E-state index contributed by atoms with van der Waals surface area (Å²) in [6.45, 7) is 5.22. The molecule has 128 valence electrons. The number of nitrogen functional groups attached to an aromatic ring is 1. The predicted molar refractivity (Wildman–Crippen MR) is 93.3 cm³/mol. The molecule has 2 aromatic rings. The van der Waals surface area contributed by atoms with Crippen LogP contribution in [-0.4, -0.2) is 20.0 Å². The number of nitrogens with one attached hydrogen (secondary N) is 1. The van der Waals surface area contributed by atoms with Gasteiger partial charge in [0.05, 0.1) is 16.9 Å². The lowest BCUT2D eigenvalue weighted by molar-refractivity contribution is 0.00708. The summed E-state index contributed by atoms with van der Waals surface area (Å²) >= 11 is 0. The summed E-state index contributed by atoms with van der Waals surface area (Å²) in [5.74, 6) is -0.609. The molecule has 0 saturated heterocycles. The molecule has 0 aliphatic carbocycles. The highest BCUT2D eigenvalue weighted by atomic mass is 32.2. The lowest BCUT2D eigenvalue weighted by Crippen LogP contribution is -2.25. The maximum Gasteiger partial charge on any atom is 0.340 e. The zero-order valence-corrected chi connectivity index (χ0v) is 14.6. The summed E-state index contributed by atoms with van der Waals surface area (Å²) in [6.07, 6.45) is 0. The highest BCUT2D eigenvalue weighted by molar-refractivity contribution is 7.92. The van der Waals surface area contributed by atoms with E-state index in [9.17, 15) is 13.2 Å². The molecule has 0 aliphatic heterocycles. The van der Waals surface area contributed by atoms with Crippen LogP contribution in [0.1, 0.15) is 31.1 Å². The van der Waals surface area contributed by atoms with Gasteiger partial charge in [0.15, 0.2) is 0 Å². The molecule has 0 radical (unpaired) electrons. The number of hydrogen-bond donors (Lipinski definition) is 2. The molecule has 0 saturated carbocycles. The zero-order valence-electron chi connectivity index (χ0n) is 13.7. The SMILES string of the molecule is CC(C)(C)OC(=O)c1ccccc1NS(=O)(=O)c1ccccc1N. The van der Waals surface area contributed by atoms with E-state index in [-0.39, 0.29) is 21.8 Å². The van der Waals surface area contributed by atoms with Crippen molar-refractivity contribution < 1.29 is 17.9 Å². The first-order valence-corrected chi connectivity index (χ1v) is 8.78. The Bertz CT molecular complexity index is 855. The van der Waals surface area contributed by atoms with Gasteiger partial charge in [-0.05, 0) is 45.0 Å². The van der Waals surface area contributed by atoms with Crippen molar-refractivity contribution in [3.63, 3.8) is 0 Å². The molecular formula is C17H20N2O4S. The van der Waals surface area contributed by atoms with Crippen molar-refractivity contribution in [1.82, 2.24) is 0 Å². The van der Waals surface area contributed by atoms with E-state index in [2.05, 4.69) is 4.72 Å². The Morgan fingerprint density at radius 3 is 2.25 bits per heavy atom. The van der Waals surface area contributed by atoms with Gasteiger partial charge in [0.2, 0.25) is 0 Å². The number of hydrogen-bond acceptors (Lipinski definition) is 5. The van der Waals surface area contributed by atoms with E-state index < -0.39 is 21.6 Å². The monoisotopic (exact) mass is 348 g/mol. The zero-order chi connectivity index (χ0) is 18.0. The van der Waals surface area contributed by atoms with Gasteiger partial charge in [-0.25, -0.2) is 13.2 Å². The van der Waals surface area contributed by atoms with E-state index in [1.165, 1.54) is 24.3 Å². The second kappa shape index (κ2) is 6.52. The molecular weight excluding hydrogens is 328 g/mol. The number of esters is 1. The number of benzene rings is 2. The van der Waals surface area contributed by atoms with Gasteiger partial charge in [-0.1, -0.05) is 24.3 Å². The first-order valence-electron chi connectivity index (χ1n) is 7.30. The van der Waals surface area contributed by atoms with Crippen LogP contribution in [0.3, 0.4) is 0 Å². The number of sulfonamides is 1. The fourth-order valence-corrected chi connectivity index (χ4v) is 3.22. The number of carbonyl (C=O) groups is 1. The predicted octanol–water partition coefficient (Wildman–Crippen LogP) is 3.02. The number of anilines is 2. The van der Waals surface area contributed by atoms with Crippen LogP contribution < -0.4 is 10.5 Å². The minimum Gasteiger partial charge on any atom is -0.456 e. The molecule has 0 heterocycles. The molecule has 0 bridgehead atoms. The molecule has 3 N–H and O–H groups in total. The van der Waals surface area contributed by atoms with E-state index in [0.29, 0.717) is 0 Å². The third-order valence-corrected chi connectivity index (χ3v) is 4.44. The van der Waals surface area contributed by atoms with Crippen LogP contribution in [0, 0.1) is 0 Å². The van der Waals surface area contributed by atoms with Crippen LogP contribution in [0.2, 0.25) is 0 Å². The molecule has 2 rings (SSSR count). The molecule has 6 nitrogen and oxygen atoms in total. The molecule has 0 fully saturated rings. The standard InChI is InChI=1S/C17H20N2O4S/c1-17(2,3)23-16(20)12-8-4-6-10-14(12)19-24(21,22)15-11-7-5-9-13(15)18/h4-11,19H,18H2,1-3H3. The van der Waals surface area contributed by atoms with Gasteiger partial charge in [-0.15, -0.1) is 0 Å². The van der Waals surface area contributed by atoms with Gasteiger partial charge < -0.3 is 10.5 Å². The smallest absolute Gasteiger partial charge is 0.340 e. The van der Waals surface area contributed by atoms with Gasteiger partial charge in [0.1, 0.15) is 10.5 Å². The summed E-state index contributed by atoms with van der Waals surface area (Å²) in [5, 5.41) is 0. The first-order chi connectivity index (χ1) is 11.1. The van der Waals surface area contributed by atoms with Crippen molar-refractivity contribution in [2.45, 2.75) is 31.3 Å². The summed E-state index contributed by atoms with van der Waals surface area (Å²) in [4.78, 5) is 12.2. The number of para-hydroxylation sites is 2. The number of ether oxygens (including phenoxy) is 1. The highest BCUT2D eigenvalue weighted by Crippen LogP contribution is 2.25. The lowest BCUT2D eigenvalue weighted by atomic mass is 10.1. The molecule has 0 spiro atoms. The molecule has 0 aliphatic rings. The summed E-state index contributed by atoms with van der Waals surface area (Å²) < 4.78 is 32.8. The summed E-state index contributed by atoms with van der Waals surface area (Å²) in [7, 11) is -3.93. The molecule has 0 atom stereocenters. The van der Waals surface area contributed by atoms with Crippen molar-refractivity contribution in [3.05, 3.63) is 54.1 Å². The van der Waals surface area contributed by atoms with Crippen LogP contribution in [0.4, 0.5) is 11.4 Å². The van der Waals surface area contributed by atoms with Crippen LogP contribution >= 0.6 is 0 Å². The fourth-order valence-electron chi connectivity index (χ4n) is 2.01. The van der Waals surface area contributed by atoms with Crippen molar-refractivity contribution in [2.75, 3.05) is 10.5 Å². The molecule has 0 unspecified atom stereocenters. The van der Waals surface area contributed by atoms with Gasteiger partial charge >= 0.3 is 5.97 Å². The van der Waals surface area contributed by atoms with E-state index in [1.54, 1.807) is 45.0 Å². The second-order valence-electron chi connectivity index (χ2n) is 6.19. The van der Waals surface area contributed by atoms with Crippen LogP contribution in [0.5, 0.6) is 0 Å². The Morgan fingerprint density at radius 2 is 1.62 bits per heavy atom. The Labute approximate surface area is 141 Å². The average Bonchev–Trinajstić information content (AvgIpc) is 2.45. The number of rotatable bonds is 4. The van der Waals surface area contributed by atoms with Gasteiger partial charge in [0.25, 0.3) is 10.0 Å². The summed E-state index contributed by atoms with van der Waals surface area (Å²) in [5.41, 5.74) is 5.43. The molecule has 7 heteroatoms. The van der Waals surface area contributed by atoms with Crippen LogP contribution in [0.25, 0.3) is 0 Å². The van der Waals surface area contributed by atoms with E-state index in [0.717, 1.165) is 0 Å². The third-order valence-electron chi connectivity index (χ3n) is 3.00. The molecule has 24 heavy (non-hydrogen) atoms. The molecule has 2 aromatic carbocycles. The van der Waals surface area contributed by atoms with Crippen molar-refractivity contribution in [1.29, 1.82) is 0 Å². The normalized spacial score (nSPS) is 11.8. The Balaban J connectivity index is 2.38. The van der Waals surface area contributed by atoms with Crippen molar-refractivity contribution in [3.8, 4) is 0 Å². The highest BCUT2D eigenvalue weighted by Gasteiger charge is 2.23. The van der Waals surface area contributed by atoms with E-state index >= 15 is 0 Å². The maximum atomic E-state index is 12.5. The second-order valence-corrected chi connectivity index (χ2v) is 7.84. The molecule has 0 amide bonds. The van der Waals surface area contributed by atoms with Crippen molar-refractivity contribution in [2.24, 2.45) is 0 Å². The minimum atomic E-state index is -3.93. The quantitative estimate of drug-likeness (QED) is 0.654.